The van der Waals surface area contributed by atoms with Crippen molar-refractivity contribution in [2.75, 3.05) is 0 Å². The van der Waals surface area contributed by atoms with E-state index in [1.54, 1.807) is 0 Å². The summed E-state index contributed by atoms with van der Waals surface area (Å²) in [7, 11) is 0. The summed E-state index contributed by atoms with van der Waals surface area (Å²) in [5.74, 6) is 0. The molecule has 0 aliphatic heterocycles. The van der Waals surface area contributed by atoms with Gasteiger partial charge in [-0.25, -0.2) is 0 Å². The van der Waals surface area contributed by atoms with E-state index in [2.05, 4.69) is 29.9 Å². The molecule has 1 aliphatic rings. The lowest BCUT2D eigenvalue weighted by Gasteiger charge is -2.06. The van der Waals surface area contributed by atoms with Gasteiger partial charge in [0.15, 0.2) is 0 Å². The quantitative estimate of drug-likeness (QED) is 0.552. The molecule has 0 saturated heterocycles. The van der Waals surface area contributed by atoms with Gasteiger partial charge in [-0.3, -0.25) is 9.97 Å². The molecule has 0 atom stereocenters. The zero-order chi connectivity index (χ0) is 10.4. The fraction of sp³-hybridized carbons (Fsp3) is 0.231. The molecule has 0 N–H and O–H groups in total. The standard InChI is InChI=1S/C13H12N2/c1-8-9(2)15-7-10-6-12-11(13(8)10)4-3-5-14-12/h3-5,7H,6H2,1-2H3. The number of aryl methyl sites for hydroxylation is 1. The summed E-state index contributed by atoms with van der Waals surface area (Å²) in [6.07, 6.45) is 4.78. The highest BCUT2D eigenvalue weighted by Crippen LogP contribution is 2.37. The van der Waals surface area contributed by atoms with Gasteiger partial charge in [-0.2, -0.15) is 0 Å². The molecule has 1 aliphatic carbocycles. The van der Waals surface area contributed by atoms with Gasteiger partial charge in [0.1, 0.15) is 0 Å². The summed E-state index contributed by atoms with van der Waals surface area (Å²) in [6.45, 7) is 4.20. The van der Waals surface area contributed by atoms with Gasteiger partial charge >= 0.3 is 0 Å². The largest absolute Gasteiger partial charge is 0.261 e. The fourth-order valence-electron chi connectivity index (χ4n) is 2.25. The van der Waals surface area contributed by atoms with Crippen molar-refractivity contribution >= 4 is 0 Å². The molecule has 0 fully saturated rings. The molecular formula is C13H12N2. The SMILES string of the molecule is Cc1ncc2c(c1C)-c1cccnc1C2. The van der Waals surface area contributed by atoms with E-state index in [1.165, 1.54) is 27.9 Å². The molecule has 0 saturated carbocycles. The van der Waals surface area contributed by atoms with Gasteiger partial charge < -0.3 is 0 Å². The van der Waals surface area contributed by atoms with Crippen molar-refractivity contribution in [1.82, 2.24) is 9.97 Å². The maximum absolute atomic E-state index is 4.42. The van der Waals surface area contributed by atoms with Gasteiger partial charge in [0.05, 0.1) is 5.69 Å². The molecule has 3 rings (SSSR count). The van der Waals surface area contributed by atoms with Crippen LogP contribution in [0.25, 0.3) is 11.1 Å². The van der Waals surface area contributed by atoms with Gasteiger partial charge in [0, 0.05) is 30.1 Å². The van der Waals surface area contributed by atoms with Crippen LogP contribution in [0.15, 0.2) is 24.5 Å². The Morgan fingerprint density at radius 3 is 2.93 bits per heavy atom. The van der Waals surface area contributed by atoms with E-state index in [9.17, 15) is 0 Å². The van der Waals surface area contributed by atoms with Crippen molar-refractivity contribution in [2.45, 2.75) is 20.3 Å². The van der Waals surface area contributed by atoms with Crippen LogP contribution in [-0.4, -0.2) is 9.97 Å². The molecule has 2 nitrogen and oxygen atoms in total. The Hall–Kier alpha value is -1.70. The average Bonchev–Trinajstić information content (AvgIpc) is 2.62. The minimum Gasteiger partial charge on any atom is -0.261 e. The molecule has 0 spiro atoms. The lowest BCUT2D eigenvalue weighted by molar-refractivity contribution is 1.08. The first-order chi connectivity index (χ1) is 7.27. The highest BCUT2D eigenvalue weighted by Gasteiger charge is 2.21. The minimum absolute atomic E-state index is 0.930. The van der Waals surface area contributed by atoms with Crippen LogP contribution >= 0.6 is 0 Å². The van der Waals surface area contributed by atoms with Gasteiger partial charge in [-0.05, 0) is 36.6 Å². The van der Waals surface area contributed by atoms with Crippen LogP contribution in [0.5, 0.6) is 0 Å². The van der Waals surface area contributed by atoms with E-state index in [0.29, 0.717) is 0 Å². The van der Waals surface area contributed by atoms with Crippen LogP contribution in [0.4, 0.5) is 0 Å². The highest BCUT2D eigenvalue weighted by atomic mass is 14.7. The molecule has 0 unspecified atom stereocenters. The molecule has 0 bridgehead atoms. The number of nitrogens with zero attached hydrogens (tertiary/aromatic N) is 2. The number of rotatable bonds is 0. The summed E-state index contributed by atoms with van der Waals surface area (Å²) in [6, 6.07) is 4.16. The molecular weight excluding hydrogens is 184 g/mol. The third-order valence-corrected chi connectivity index (χ3v) is 3.17. The number of aromatic nitrogens is 2. The zero-order valence-electron chi connectivity index (χ0n) is 8.91. The van der Waals surface area contributed by atoms with E-state index in [0.717, 1.165) is 12.1 Å². The Balaban J connectivity index is 2.36. The summed E-state index contributed by atoms with van der Waals surface area (Å²) >= 11 is 0. The molecule has 2 aromatic heterocycles. The summed E-state index contributed by atoms with van der Waals surface area (Å²) in [5, 5.41) is 0. The van der Waals surface area contributed by atoms with Crippen LogP contribution in [0, 0.1) is 13.8 Å². The predicted octanol–water partition coefficient (Wildman–Crippen LogP) is 2.66. The maximum atomic E-state index is 4.42. The summed E-state index contributed by atoms with van der Waals surface area (Å²) in [4.78, 5) is 8.82. The lowest BCUT2D eigenvalue weighted by atomic mass is 10.0. The lowest BCUT2D eigenvalue weighted by Crippen LogP contribution is -1.92. The number of hydrogen-bond acceptors (Lipinski definition) is 2. The van der Waals surface area contributed by atoms with Crippen LogP contribution in [0.2, 0.25) is 0 Å². The van der Waals surface area contributed by atoms with Crippen molar-refractivity contribution in [3.05, 3.63) is 47.0 Å². The second kappa shape index (κ2) is 2.89. The number of fused-ring (bicyclic) bond motifs is 3. The van der Waals surface area contributed by atoms with E-state index >= 15 is 0 Å². The number of pyridine rings is 2. The van der Waals surface area contributed by atoms with E-state index in [-0.39, 0.29) is 0 Å². The molecule has 0 aromatic carbocycles. The minimum atomic E-state index is 0.930. The van der Waals surface area contributed by atoms with E-state index in [4.69, 9.17) is 0 Å². The van der Waals surface area contributed by atoms with Crippen molar-refractivity contribution in [3.63, 3.8) is 0 Å². The highest BCUT2D eigenvalue weighted by molar-refractivity contribution is 5.78. The second-order valence-corrected chi connectivity index (χ2v) is 4.04. The van der Waals surface area contributed by atoms with Gasteiger partial charge in [0.2, 0.25) is 0 Å². The predicted molar refractivity (Wildman–Crippen MR) is 59.7 cm³/mol. The third kappa shape index (κ3) is 1.11. The van der Waals surface area contributed by atoms with Crippen molar-refractivity contribution < 1.29 is 0 Å². The first-order valence-corrected chi connectivity index (χ1v) is 5.16. The molecule has 74 valence electrons. The molecule has 2 heterocycles. The Morgan fingerprint density at radius 2 is 2.07 bits per heavy atom. The van der Waals surface area contributed by atoms with Crippen LogP contribution < -0.4 is 0 Å². The van der Waals surface area contributed by atoms with E-state index < -0.39 is 0 Å². The summed E-state index contributed by atoms with van der Waals surface area (Å²) < 4.78 is 0. The summed E-state index contributed by atoms with van der Waals surface area (Å²) in [5.41, 5.74) is 7.54. The Morgan fingerprint density at radius 1 is 1.20 bits per heavy atom. The number of hydrogen-bond donors (Lipinski definition) is 0. The van der Waals surface area contributed by atoms with E-state index in [1.807, 2.05) is 18.5 Å². The molecule has 2 aromatic rings. The first-order valence-electron chi connectivity index (χ1n) is 5.16. The van der Waals surface area contributed by atoms with Crippen LogP contribution in [0.1, 0.15) is 22.5 Å². The molecule has 0 radical (unpaired) electrons. The van der Waals surface area contributed by atoms with Crippen LogP contribution in [-0.2, 0) is 6.42 Å². The zero-order valence-corrected chi connectivity index (χ0v) is 8.91. The topological polar surface area (TPSA) is 25.8 Å². The van der Waals surface area contributed by atoms with Crippen LogP contribution in [0.3, 0.4) is 0 Å². The fourth-order valence-corrected chi connectivity index (χ4v) is 2.25. The Labute approximate surface area is 89.0 Å². The molecule has 2 heteroatoms. The Kier molecular flexibility index (Phi) is 1.66. The van der Waals surface area contributed by atoms with Gasteiger partial charge in [-0.1, -0.05) is 6.07 Å². The third-order valence-electron chi connectivity index (χ3n) is 3.17. The van der Waals surface area contributed by atoms with Gasteiger partial charge in [0.25, 0.3) is 0 Å². The molecule has 15 heavy (non-hydrogen) atoms. The first kappa shape index (κ1) is 8.60. The second-order valence-electron chi connectivity index (χ2n) is 4.04. The maximum Gasteiger partial charge on any atom is 0.0526 e. The Bertz CT molecular complexity index is 544. The normalized spacial score (nSPS) is 12.4. The van der Waals surface area contributed by atoms with Crippen molar-refractivity contribution in [1.29, 1.82) is 0 Å². The average molecular weight is 196 g/mol. The molecule has 0 amide bonds. The van der Waals surface area contributed by atoms with Crippen molar-refractivity contribution in [3.8, 4) is 11.1 Å². The van der Waals surface area contributed by atoms with Gasteiger partial charge in [-0.15, -0.1) is 0 Å². The smallest absolute Gasteiger partial charge is 0.0526 e. The monoisotopic (exact) mass is 196 g/mol. The van der Waals surface area contributed by atoms with Crippen molar-refractivity contribution in [2.24, 2.45) is 0 Å².